The summed E-state index contributed by atoms with van der Waals surface area (Å²) in [7, 11) is 3.19. The molecule has 2 rings (SSSR count). The van der Waals surface area contributed by atoms with Crippen molar-refractivity contribution in [3.8, 4) is 11.5 Å². The van der Waals surface area contributed by atoms with E-state index in [0.717, 1.165) is 5.56 Å². The minimum absolute atomic E-state index is 0.0733. The summed E-state index contributed by atoms with van der Waals surface area (Å²) < 4.78 is 16.0. The summed E-state index contributed by atoms with van der Waals surface area (Å²) in [6.45, 7) is 3.27. The number of ether oxygens (including phenoxy) is 3. The molecule has 2 aromatic rings. The van der Waals surface area contributed by atoms with Crippen molar-refractivity contribution in [2.24, 2.45) is 0 Å². The fourth-order valence-electron chi connectivity index (χ4n) is 2.85. The Balaban J connectivity index is 1.77. The third-order valence-corrected chi connectivity index (χ3v) is 4.51. The lowest BCUT2D eigenvalue weighted by molar-refractivity contribution is -0.121. The average molecular weight is 415 g/mol. The lowest BCUT2D eigenvalue weighted by Crippen LogP contribution is -2.29. The van der Waals surface area contributed by atoms with Crippen LogP contribution in [-0.4, -0.2) is 45.8 Å². The zero-order chi connectivity index (χ0) is 21.8. The first-order chi connectivity index (χ1) is 14.5. The Morgan fingerprint density at radius 2 is 1.77 bits per heavy atom. The van der Waals surface area contributed by atoms with E-state index < -0.39 is 0 Å². The fourth-order valence-corrected chi connectivity index (χ4v) is 2.85. The molecule has 7 heteroatoms. The van der Waals surface area contributed by atoms with Gasteiger partial charge in [0.05, 0.1) is 19.8 Å². The van der Waals surface area contributed by atoms with E-state index >= 15 is 0 Å². The SMILES string of the molecule is COCCOc1ccc(C(C)NC(=O)CCCNC(=O)c2ccccc2)cc1OC. The van der Waals surface area contributed by atoms with Gasteiger partial charge in [0.25, 0.3) is 5.91 Å². The molecule has 0 spiro atoms. The summed E-state index contributed by atoms with van der Waals surface area (Å²) in [4.78, 5) is 24.2. The molecule has 0 saturated heterocycles. The quantitative estimate of drug-likeness (QED) is 0.521. The van der Waals surface area contributed by atoms with Crippen LogP contribution in [0.1, 0.15) is 41.7 Å². The summed E-state index contributed by atoms with van der Waals surface area (Å²) in [5, 5.41) is 5.79. The molecule has 0 aliphatic heterocycles. The van der Waals surface area contributed by atoms with Gasteiger partial charge in [-0.15, -0.1) is 0 Å². The summed E-state index contributed by atoms with van der Waals surface area (Å²) in [5.41, 5.74) is 1.52. The first-order valence-corrected chi connectivity index (χ1v) is 9.97. The summed E-state index contributed by atoms with van der Waals surface area (Å²) in [5.74, 6) is 1.03. The minimum atomic E-state index is -0.182. The van der Waals surface area contributed by atoms with E-state index in [0.29, 0.717) is 49.7 Å². The molecule has 0 bridgehead atoms. The molecule has 0 saturated carbocycles. The smallest absolute Gasteiger partial charge is 0.251 e. The molecule has 0 radical (unpaired) electrons. The van der Waals surface area contributed by atoms with Gasteiger partial charge in [-0.2, -0.15) is 0 Å². The van der Waals surface area contributed by atoms with Crippen molar-refractivity contribution in [1.82, 2.24) is 10.6 Å². The normalized spacial score (nSPS) is 11.4. The van der Waals surface area contributed by atoms with Crippen LogP contribution in [0, 0.1) is 0 Å². The predicted molar refractivity (Wildman–Crippen MR) is 115 cm³/mol. The molecule has 162 valence electrons. The molecule has 0 heterocycles. The van der Waals surface area contributed by atoms with E-state index in [1.165, 1.54) is 0 Å². The number of carbonyl (C=O) groups excluding carboxylic acids is 2. The number of amides is 2. The molecule has 2 amide bonds. The number of benzene rings is 2. The van der Waals surface area contributed by atoms with Crippen molar-refractivity contribution >= 4 is 11.8 Å². The first-order valence-electron chi connectivity index (χ1n) is 9.97. The van der Waals surface area contributed by atoms with E-state index in [-0.39, 0.29) is 17.9 Å². The molecule has 0 aromatic heterocycles. The van der Waals surface area contributed by atoms with E-state index in [4.69, 9.17) is 14.2 Å². The number of hydrogen-bond donors (Lipinski definition) is 2. The molecule has 2 N–H and O–H groups in total. The molecule has 7 nitrogen and oxygen atoms in total. The Morgan fingerprint density at radius 3 is 2.47 bits per heavy atom. The summed E-state index contributed by atoms with van der Waals surface area (Å²) >= 11 is 0. The van der Waals surface area contributed by atoms with Gasteiger partial charge in [0.2, 0.25) is 5.91 Å². The van der Waals surface area contributed by atoms with Crippen LogP contribution < -0.4 is 20.1 Å². The first kappa shape index (κ1) is 23.2. The second-order valence-corrected chi connectivity index (χ2v) is 6.77. The van der Waals surface area contributed by atoms with Crippen LogP contribution in [0.5, 0.6) is 11.5 Å². The Hall–Kier alpha value is -3.06. The second kappa shape index (κ2) is 12.5. The maximum Gasteiger partial charge on any atom is 0.251 e. The third-order valence-electron chi connectivity index (χ3n) is 4.51. The lowest BCUT2D eigenvalue weighted by Gasteiger charge is -2.17. The average Bonchev–Trinajstić information content (AvgIpc) is 2.77. The molecular formula is C23H30N2O5. The number of nitrogens with one attached hydrogen (secondary N) is 2. The van der Waals surface area contributed by atoms with E-state index in [9.17, 15) is 9.59 Å². The van der Waals surface area contributed by atoms with Gasteiger partial charge < -0.3 is 24.8 Å². The van der Waals surface area contributed by atoms with E-state index in [2.05, 4.69) is 10.6 Å². The Labute approximate surface area is 177 Å². The van der Waals surface area contributed by atoms with E-state index in [1.807, 2.05) is 43.3 Å². The highest BCUT2D eigenvalue weighted by atomic mass is 16.5. The number of hydrogen-bond acceptors (Lipinski definition) is 5. The molecule has 0 aliphatic carbocycles. The lowest BCUT2D eigenvalue weighted by atomic mass is 10.1. The van der Waals surface area contributed by atoms with Gasteiger partial charge in [0.1, 0.15) is 6.61 Å². The van der Waals surface area contributed by atoms with E-state index in [1.54, 1.807) is 26.4 Å². The molecule has 0 fully saturated rings. The van der Waals surface area contributed by atoms with Crippen molar-refractivity contribution in [1.29, 1.82) is 0 Å². The summed E-state index contributed by atoms with van der Waals surface area (Å²) in [6.07, 6.45) is 0.890. The zero-order valence-electron chi connectivity index (χ0n) is 17.8. The van der Waals surface area contributed by atoms with Gasteiger partial charge in [0, 0.05) is 25.6 Å². The van der Waals surface area contributed by atoms with Gasteiger partial charge >= 0.3 is 0 Å². The van der Waals surface area contributed by atoms with Crippen molar-refractivity contribution in [2.75, 3.05) is 34.0 Å². The molecule has 30 heavy (non-hydrogen) atoms. The molecule has 1 atom stereocenters. The fraction of sp³-hybridized carbons (Fsp3) is 0.391. The van der Waals surface area contributed by atoms with Gasteiger partial charge in [-0.05, 0) is 43.2 Å². The van der Waals surface area contributed by atoms with Crippen molar-refractivity contribution in [2.45, 2.75) is 25.8 Å². The van der Waals surface area contributed by atoms with Crippen LogP contribution in [0.2, 0.25) is 0 Å². The minimum Gasteiger partial charge on any atom is -0.493 e. The maximum absolute atomic E-state index is 12.2. The molecular weight excluding hydrogens is 384 g/mol. The Morgan fingerprint density at radius 1 is 1.00 bits per heavy atom. The van der Waals surface area contributed by atoms with Gasteiger partial charge in [-0.25, -0.2) is 0 Å². The van der Waals surface area contributed by atoms with Crippen LogP contribution >= 0.6 is 0 Å². The monoisotopic (exact) mass is 414 g/mol. The maximum atomic E-state index is 12.2. The van der Waals surface area contributed by atoms with Crippen LogP contribution in [-0.2, 0) is 9.53 Å². The Bertz CT molecular complexity index is 810. The van der Waals surface area contributed by atoms with Crippen LogP contribution in [0.15, 0.2) is 48.5 Å². The molecule has 0 aliphatic rings. The largest absolute Gasteiger partial charge is 0.493 e. The second-order valence-electron chi connectivity index (χ2n) is 6.77. The highest BCUT2D eigenvalue weighted by Gasteiger charge is 2.13. The standard InChI is InChI=1S/C23H30N2O5/c1-17(19-11-12-20(21(16-19)29-3)30-15-14-28-2)25-22(26)10-7-13-24-23(27)18-8-5-4-6-9-18/h4-6,8-9,11-12,16-17H,7,10,13-15H2,1-3H3,(H,24,27)(H,25,26). The summed E-state index contributed by atoms with van der Waals surface area (Å²) in [6, 6.07) is 14.4. The topological polar surface area (TPSA) is 85.9 Å². The van der Waals surface area contributed by atoms with Crippen molar-refractivity contribution < 1.29 is 23.8 Å². The van der Waals surface area contributed by atoms with Gasteiger partial charge in [-0.1, -0.05) is 24.3 Å². The van der Waals surface area contributed by atoms with Crippen LogP contribution in [0.25, 0.3) is 0 Å². The highest BCUT2D eigenvalue weighted by molar-refractivity contribution is 5.94. The van der Waals surface area contributed by atoms with Gasteiger partial charge in [-0.3, -0.25) is 9.59 Å². The van der Waals surface area contributed by atoms with Crippen molar-refractivity contribution in [3.05, 3.63) is 59.7 Å². The Kier molecular flexibility index (Phi) is 9.67. The number of rotatable bonds is 12. The number of methoxy groups -OCH3 is 2. The molecule has 2 aromatic carbocycles. The van der Waals surface area contributed by atoms with Crippen LogP contribution in [0.4, 0.5) is 0 Å². The van der Waals surface area contributed by atoms with Crippen molar-refractivity contribution in [3.63, 3.8) is 0 Å². The van der Waals surface area contributed by atoms with Crippen LogP contribution in [0.3, 0.4) is 0 Å². The zero-order valence-corrected chi connectivity index (χ0v) is 17.8. The third kappa shape index (κ3) is 7.40. The molecule has 1 unspecified atom stereocenters. The predicted octanol–water partition coefficient (Wildman–Crippen LogP) is 3.11. The van der Waals surface area contributed by atoms with Gasteiger partial charge in [0.15, 0.2) is 11.5 Å². The highest BCUT2D eigenvalue weighted by Crippen LogP contribution is 2.30. The number of carbonyl (C=O) groups is 2.